The summed E-state index contributed by atoms with van der Waals surface area (Å²) in [7, 11) is 0. The number of benzene rings is 1. The Labute approximate surface area is 203 Å². The lowest BCUT2D eigenvalue weighted by Crippen LogP contribution is -2.25. The van der Waals surface area contributed by atoms with E-state index in [4.69, 9.17) is 15.2 Å². The van der Waals surface area contributed by atoms with E-state index in [0.717, 1.165) is 68.1 Å². The molecule has 5 rings (SSSR count). The smallest absolute Gasteiger partial charge is 0.248 e. The predicted octanol–water partition coefficient (Wildman–Crippen LogP) is 3.24. The van der Waals surface area contributed by atoms with E-state index in [0.29, 0.717) is 17.2 Å². The van der Waals surface area contributed by atoms with Gasteiger partial charge in [0.2, 0.25) is 17.8 Å². The number of carbonyl (C=O) groups excluding carboxylic acids is 1. The first-order valence-corrected chi connectivity index (χ1v) is 11.6. The SMILES string of the molecule is C=CC(=O)Nc1ccc2c(N3CCC(C=Nc4ncc(C#N)cn4)C3)nc(N3CCCC3)nc2c1. The van der Waals surface area contributed by atoms with Gasteiger partial charge in [-0.05, 0) is 43.5 Å². The lowest BCUT2D eigenvalue weighted by atomic mass is 10.1. The Morgan fingerprint density at radius 3 is 2.71 bits per heavy atom. The quantitative estimate of drug-likeness (QED) is 0.433. The topological polar surface area (TPSA) is 123 Å². The van der Waals surface area contributed by atoms with Crippen molar-refractivity contribution in [3.05, 3.63) is 48.8 Å². The van der Waals surface area contributed by atoms with Crippen molar-refractivity contribution in [2.24, 2.45) is 10.9 Å². The molecule has 176 valence electrons. The number of nitrogens with zero attached hydrogens (tertiary/aromatic N) is 8. The predicted molar refractivity (Wildman–Crippen MR) is 135 cm³/mol. The molecule has 2 aromatic heterocycles. The van der Waals surface area contributed by atoms with E-state index >= 15 is 0 Å². The molecule has 1 aromatic carbocycles. The summed E-state index contributed by atoms with van der Waals surface area (Å²) in [5, 5.41) is 12.6. The Bertz CT molecular complexity index is 1320. The molecule has 0 saturated carbocycles. The summed E-state index contributed by atoms with van der Waals surface area (Å²) >= 11 is 0. The summed E-state index contributed by atoms with van der Waals surface area (Å²) in [6.45, 7) is 7.01. The van der Waals surface area contributed by atoms with Crippen molar-refractivity contribution in [1.82, 2.24) is 19.9 Å². The molecule has 0 spiro atoms. The van der Waals surface area contributed by atoms with Gasteiger partial charge in [0.05, 0.1) is 23.5 Å². The average molecular weight is 468 g/mol. The molecule has 2 fully saturated rings. The zero-order chi connectivity index (χ0) is 24.2. The largest absolute Gasteiger partial charge is 0.355 e. The number of aromatic nitrogens is 4. The minimum atomic E-state index is -0.258. The molecule has 1 amide bonds. The van der Waals surface area contributed by atoms with Gasteiger partial charge in [-0.25, -0.2) is 19.9 Å². The fourth-order valence-corrected chi connectivity index (χ4v) is 4.39. The second-order valence-corrected chi connectivity index (χ2v) is 8.62. The molecule has 35 heavy (non-hydrogen) atoms. The van der Waals surface area contributed by atoms with Crippen molar-refractivity contribution in [2.75, 3.05) is 41.3 Å². The fraction of sp³-hybridized carbons (Fsp3) is 0.320. The molecule has 0 radical (unpaired) electrons. The molecule has 4 heterocycles. The van der Waals surface area contributed by atoms with Gasteiger partial charge in [0.15, 0.2) is 0 Å². The molecule has 0 aliphatic carbocycles. The number of amides is 1. The van der Waals surface area contributed by atoms with E-state index in [1.165, 1.54) is 18.5 Å². The molecule has 1 N–H and O–H groups in total. The van der Waals surface area contributed by atoms with Crippen LogP contribution < -0.4 is 15.1 Å². The number of nitriles is 1. The maximum absolute atomic E-state index is 11.8. The molecule has 2 aliphatic rings. The minimum absolute atomic E-state index is 0.223. The second-order valence-electron chi connectivity index (χ2n) is 8.62. The van der Waals surface area contributed by atoms with Crippen LogP contribution in [-0.4, -0.2) is 58.2 Å². The van der Waals surface area contributed by atoms with Crippen LogP contribution in [0.4, 0.5) is 23.4 Å². The van der Waals surface area contributed by atoms with Crippen LogP contribution in [0, 0.1) is 17.2 Å². The number of hydrogen-bond donors (Lipinski definition) is 1. The first-order chi connectivity index (χ1) is 17.1. The molecule has 3 aromatic rings. The highest BCUT2D eigenvalue weighted by molar-refractivity contribution is 6.01. The number of carbonyl (C=O) groups is 1. The first kappa shape index (κ1) is 22.4. The molecule has 10 nitrogen and oxygen atoms in total. The molecular weight excluding hydrogens is 442 g/mol. The Morgan fingerprint density at radius 2 is 1.97 bits per heavy atom. The zero-order valence-corrected chi connectivity index (χ0v) is 19.3. The normalized spacial score (nSPS) is 17.7. The van der Waals surface area contributed by atoms with Crippen LogP contribution in [0.5, 0.6) is 0 Å². The van der Waals surface area contributed by atoms with E-state index in [1.807, 2.05) is 30.5 Å². The summed E-state index contributed by atoms with van der Waals surface area (Å²) < 4.78 is 0. The van der Waals surface area contributed by atoms with Crippen molar-refractivity contribution in [3.63, 3.8) is 0 Å². The third-order valence-electron chi connectivity index (χ3n) is 6.20. The Balaban J connectivity index is 1.41. The van der Waals surface area contributed by atoms with E-state index in [2.05, 4.69) is 36.7 Å². The molecule has 10 heteroatoms. The van der Waals surface area contributed by atoms with Crippen molar-refractivity contribution < 1.29 is 4.79 Å². The van der Waals surface area contributed by atoms with E-state index < -0.39 is 0 Å². The highest BCUT2D eigenvalue weighted by atomic mass is 16.1. The molecule has 2 saturated heterocycles. The van der Waals surface area contributed by atoms with Gasteiger partial charge in [-0.2, -0.15) is 10.2 Å². The van der Waals surface area contributed by atoms with Crippen LogP contribution in [0.1, 0.15) is 24.8 Å². The molecule has 1 unspecified atom stereocenters. The third-order valence-corrected chi connectivity index (χ3v) is 6.20. The molecule has 2 aliphatic heterocycles. The Morgan fingerprint density at radius 1 is 1.17 bits per heavy atom. The number of anilines is 3. The van der Waals surface area contributed by atoms with E-state index in [9.17, 15) is 4.79 Å². The summed E-state index contributed by atoms with van der Waals surface area (Å²) in [6, 6.07) is 7.72. The van der Waals surface area contributed by atoms with E-state index in [1.54, 1.807) is 0 Å². The first-order valence-electron chi connectivity index (χ1n) is 11.6. The lowest BCUT2D eigenvalue weighted by Gasteiger charge is -2.23. The van der Waals surface area contributed by atoms with Crippen molar-refractivity contribution in [2.45, 2.75) is 19.3 Å². The maximum atomic E-state index is 11.8. The molecule has 0 bridgehead atoms. The monoisotopic (exact) mass is 467 g/mol. The molecular formula is C25H25N9O. The standard InChI is InChI=1S/C25H25N9O/c1-2-22(35)30-19-5-6-20-21(11-19)31-25(33-8-3-4-9-33)32-23(20)34-10-7-17(16-34)13-27-24-28-14-18(12-26)15-29-24/h2,5-6,11,13-15,17H,1,3-4,7-10,16H2,(H,30,35). The van der Waals surface area contributed by atoms with E-state index in [-0.39, 0.29) is 11.8 Å². The van der Waals surface area contributed by atoms with Gasteiger partial charge >= 0.3 is 0 Å². The van der Waals surface area contributed by atoms with Gasteiger partial charge in [0, 0.05) is 49.4 Å². The van der Waals surface area contributed by atoms with Crippen LogP contribution in [0.2, 0.25) is 0 Å². The van der Waals surface area contributed by atoms with Crippen LogP contribution in [0.3, 0.4) is 0 Å². The second kappa shape index (κ2) is 9.85. The average Bonchev–Trinajstić information content (AvgIpc) is 3.60. The Kier molecular flexibility index (Phi) is 6.30. The van der Waals surface area contributed by atoms with Crippen LogP contribution in [0.15, 0.2) is 48.2 Å². The van der Waals surface area contributed by atoms with Crippen LogP contribution in [-0.2, 0) is 4.79 Å². The van der Waals surface area contributed by atoms with Gasteiger partial charge in [-0.1, -0.05) is 6.58 Å². The van der Waals surface area contributed by atoms with Gasteiger partial charge in [-0.3, -0.25) is 4.79 Å². The number of rotatable bonds is 6. The van der Waals surface area contributed by atoms with Gasteiger partial charge in [-0.15, -0.1) is 0 Å². The van der Waals surface area contributed by atoms with Crippen molar-refractivity contribution >= 4 is 46.4 Å². The summed E-state index contributed by atoms with van der Waals surface area (Å²) in [5.41, 5.74) is 1.88. The maximum Gasteiger partial charge on any atom is 0.248 e. The number of nitrogens with one attached hydrogen (secondary N) is 1. The van der Waals surface area contributed by atoms with Crippen molar-refractivity contribution in [1.29, 1.82) is 5.26 Å². The zero-order valence-electron chi connectivity index (χ0n) is 19.3. The highest BCUT2D eigenvalue weighted by Gasteiger charge is 2.26. The summed E-state index contributed by atoms with van der Waals surface area (Å²) in [4.78, 5) is 38.7. The van der Waals surface area contributed by atoms with Gasteiger partial charge in [0.25, 0.3) is 0 Å². The number of aliphatic imine (C=N–C) groups is 1. The minimum Gasteiger partial charge on any atom is -0.355 e. The van der Waals surface area contributed by atoms with Crippen LogP contribution >= 0.6 is 0 Å². The third kappa shape index (κ3) is 4.94. The molecule has 1 atom stereocenters. The fourth-order valence-electron chi connectivity index (χ4n) is 4.39. The lowest BCUT2D eigenvalue weighted by molar-refractivity contribution is -0.111. The number of hydrogen-bond acceptors (Lipinski definition) is 9. The van der Waals surface area contributed by atoms with Gasteiger partial charge < -0.3 is 15.1 Å². The van der Waals surface area contributed by atoms with Crippen molar-refractivity contribution in [3.8, 4) is 6.07 Å². The highest BCUT2D eigenvalue weighted by Crippen LogP contribution is 2.32. The Hall–Kier alpha value is -4.39. The van der Waals surface area contributed by atoms with Gasteiger partial charge in [0.1, 0.15) is 11.9 Å². The number of fused-ring (bicyclic) bond motifs is 1. The summed E-state index contributed by atoms with van der Waals surface area (Å²) in [6.07, 6.45) is 9.27. The summed E-state index contributed by atoms with van der Waals surface area (Å²) in [5.74, 6) is 1.93. The van der Waals surface area contributed by atoms with Crippen LogP contribution in [0.25, 0.3) is 10.9 Å².